The first-order valence-electron chi connectivity index (χ1n) is 7.28. The molecule has 0 aliphatic heterocycles. The van der Waals surface area contributed by atoms with Gasteiger partial charge in [-0.1, -0.05) is 42.0 Å². The van der Waals surface area contributed by atoms with Gasteiger partial charge < -0.3 is 10.6 Å². The van der Waals surface area contributed by atoms with E-state index in [4.69, 9.17) is 5.73 Å². The lowest BCUT2D eigenvalue weighted by molar-refractivity contribution is 0.0752. The molecule has 21 heavy (non-hydrogen) atoms. The van der Waals surface area contributed by atoms with Gasteiger partial charge in [0.05, 0.1) is 0 Å². The predicted octanol–water partition coefficient (Wildman–Crippen LogP) is 3.12. The Hall–Kier alpha value is -2.13. The number of nitrogens with zero attached hydrogens (tertiary/aromatic N) is 1. The smallest absolute Gasteiger partial charge is 0.254 e. The van der Waals surface area contributed by atoms with E-state index in [-0.39, 0.29) is 5.91 Å². The zero-order chi connectivity index (χ0) is 15.2. The molecule has 2 rings (SSSR count). The minimum absolute atomic E-state index is 0.0596. The number of aryl methyl sites for hydroxylation is 1. The number of nitrogens with two attached hydrogens (primary N) is 1. The summed E-state index contributed by atoms with van der Waals surface area (Å²) in [5.74, 6) is 0.0596. The van der Waals surface area contributed by atoms with E-state index in [0.717, 1.165) is 22.3 Å². The quantitative estimate of drug-likeness (QED) is 0.916. The Morgan fingerprint density at radius 2 is 1.67 bits per heavy atom. The van der Waals surface area contributed by atoms with Gasteiger partial charge in [-0.2, -0.15) is 0 Å². The van der Waals surface area contributed by atoms with E-state index < -0.39 is 0 Å². The third-order valence-electron chi connectivity index (χ3n) is 3.67. The molecule has 2 N–H and O–H groups in total. The van der Waals surface area contributed by atoms with Crippen molar-refractivity contribution in [3.8, 4) is 0 Å². The molecule has 2 aromatic rings. The molecule has 0 saturated heterocycles. The van der Waals surface area contributed by atoms with Gasteiger partial charge in [-0.05, 0) is 37.1 Å². The van der Waals surface area contributed by atoms with Crippen molar-refractivity contribution >= 4 is 5.91 Å². The fraction of sp³-hybridized carbons (Fsp3) is 0.278. The standard InChI is InChI=1S/C18H22N2O/c1-3-20(13-17-7-5-4-6-16(17)12-19)18(21)15-10-8-14(2)9-11-15/h4-11H,3,12-13,19H2,1-2H3. The molecule has 0 heterocycles. The fourth-order valence-electron chi connectivity index (χ4n) is 2.32. The van der Waals surface area contributed by atoms with E-state index in [9.17, 15) is 4.79 Å². The Bertz CT molecular complexity index is 605. The van der Waals surface area contributed by atoms with Crippen molar-refractivity contribution in [3.05, 3.63) is 70.8 Å². The second kappa shape index (κ2) is 7.04. The molecule has 0 saturated carbocycles. The molecule has 0 atom stereocenters. The van der Waals surface area contributed by atoms with Crippen LogP contribution in [-0.2, 0) is 13.1 Å². The van der Waals surface area contributed by atoms with Crippen LogP contribution in [0.1, 0.15) is 34.0 Å². The zero-order valence-electron chi connectivity index (χ0n) is 12.7. The van der Waals surface area contributed by atoms with Crippen molar-refractivity contribution in [2.75, 3.05) is 6.54 Å². The number of rotatable bonds is 5. The maximum absolute atomic E-state index is 12.6. The van der Waals surface area contributed by atoms with Crippen LogP contribution in [0.4, 0.5) is 0 Å². The van der Waals surface area contributed by atoms with E-state index >= 15 is 0 Å². The number of hydrogen-bond donors (Lipinski definition) is 1. The third-order valence-corrected chi connectivity index (χ3v) is 3.67. The molecule has 3 nitrogen and oxygen atoms in total. The van der Waals surface area contributed by atoms with Crippen molar-refractivity contribution in [1.82, 2.24) is 4.90 Å². The van der Waals surface area contributed by atoms with Gasteiger partial charge in [-0.15, -0.1) is 0 Å². The first-order valence-corrected chi connectivity index (χ1v) is 7.28. The Labute approximate surface area is 126 Å². The highest BCUT2D eigenvalue weighted by Crippen LogP contribution is 2.14. The molecule has 1 amide bonds. The number of carbonyl (C=O) groups is 1. The van der Waals surface area contributed by atoms with Crippen LogP contribution in [0.15, 0.2) is 48.5 Å². The number of amides is 1. The molecule has 3 heteroatoms. The first kappa shape index (κ1) is 15.3. The normalized spacial score (nSPS) is 10.4. The molecule has 0 spiro atoms. The summed E-state index contributed by atoms with van der Waals surface area (Å²) in [6.07, 6.45) is 0. The van der Waals surface area contributed by atoms with Crippen LogP contribution in [0.25, 0.3) is 0 Å². The predicted molar refractivity (Wildman–Crippen MR) is 85.9 cm³/mol. The molecule has 0 radical (unpaired) electrons. The summed E-state index contributed by atoms with van der Waals surface area (Å²) in [6, 6.07) is 15.7. The monoisotopic (exact) mass is 282 g/mol. The summed E-state index contributed by atoms with van der Waals surface area (Å²) < 4.78 is 0. The van der Waals surface area contributed by atoms with Crippen molar-refractivity contribution in [2.45, 2.75) is 26.9 Å². The van der Waals surface area contributed by atoms with Crippen molar-refractivity contribution in [1.29, 1.82) is 0 Å². The van der Waals surface area contributed by atoms with Crippen LogP contribution in [0.5, 0.6) is 0 Å². The number of benzene rings is 2. The fourth-order valence-corrected chi connectivity index (χ4v) is 2.32. The minimum atomic E-state index is 0.0596. The number of hydrogen-bond acceptors (Lipinski definition) is 2. The van der Waals surface area contributed by atoms with Gasteiger partial charge in [0.15, 0.2) is 0 Å². The van der Waals surface area contributed by atoms with Gasteiger partial charge in [0.2, 0.25) is 0 Å². The van der Waals surface area contributed by atoms with Gasteiger partial charge >= 0.3 is 0 Å². The minimum Gasteiger partial charge on any atom is -0.335 e. The summed E-state index contributed by atoms with van der Waals surface area (Å²) in [7, 11) is 0. The molecule has 110 valence electrons. The second-order valence-electron chi connectivity index (χ2n) is 5.16. The summed E-state index contributed by atoms with van der Waals surface area (Å²) in [5, 5.41) is 0. The summed E-state index contributed by atoms with van der Waals surface area (Å²) in [6.45, 7) is 5.77. The summed E-state index contributed by atoms with van der Waals surface area (Å²) >= 11 is 0. The summed E-state index contributed by atoms with van der Waals surface area (Å²) in [4.78, 5) is 14.4. The average Bonchev–Trinajstić information content (AvgIpc) is 2.53. The van der Waals surface area contributed by atoms with E-state index in [1.54, 1.807) is 0 Å². The van der Waals surface area contributed by atoms with E-state index in [1.807, 2.05) is 67.3 Å². The Kier molecular flexibility index (Phi) is 5.12. The Morgan fingerprint density at radius 1 is 1.05 bits per heavy atom. The molecule has 2 aromatic carbocycles. The molecule has 0 fully saturated rings. The Morgan fingerprint density at radius 3 is 2.24 bits per heavy atom. The highest BCUT2D eigenvalue weighted by Gasteiger charge is 2.15. The van der Waals surface area contributed by atoms with Crippen LogP contribution >= 0.6 is 0 Å². The van der Waals surface area contributed by atoms with Crippen LogP contribution in [0.3, 0.4) is 0 Å². The van der Waals surface area contributed by atoms with E-state index in [0.29, 0.717) is 19.6 Å². The van der Waals surface area contributed by atoms with Gasteiger partial charge in [-0.25, -0.2) is 0 Å². The highest BCUT2D eigenvalue weighted by atomic mass is 16.2. The molecule has 0 unspecified atom stereocenters. The largest absolute Gasteiger partial charge is 0.335 e. The van der Waals surface area contributed by atoms with Crippen molar-refractivity contribution < 1.29 is 4.79 Å². The topological polar surface area (TPSA) is 46.3 Å². The van der Waals surface area contributed by atoms with Gasteiger partial charge in [0.1, 0.15) is 0 Å². The van der Waals surface area contributed by atoms with E-state index in [2.05, 4.69) is 0 Å². The second-order valence-corrected chi connectivity index (χ2v) is 5.16. The highest BCUT2D eigenvalue weighted by molar-refractivity contribution is 5.94. The molecule has 0 aliphatic carbocycles. The van der Waals surface area contributed by atoms with Crippen LogP contribution in [-0.4, -0.2) is 17.4 Å². The van der Waals surface area contributed by atoms with Crippen molar-refractivity contribution in [3.63, 3.8) is 0 Å². The molecule has 0 aromatic heterocycles. The molecular formula is C18H22N2O. The lowest BCUT2D eigenvalue weighted by Crippen LogP contribution is -2.30. The van der Waals surface area contributed by atoms with Crippen LogP contribution < -0.4 is 5.73 Å². The molecular weight excluding hydrogens is 260 g/mol. The first-order chi connectivity index (χ1) is 10.2. The van der Waals surface area contributed by atoms with Crippen LogP contribution in [0, 0.1) is 6.92 Å². The maximum atomic E-state index is 12.6. The van der Waals surface area contributed by atoms with Gasteiger partial charge in [0, 0.05) is 25.2 Å². The Balaban J connectivity index is 2.19. The average molecular weight is 282 g/mol. The zero-order valence-corrected chi connectivity index (χ0v) is 12.7. The SMILES string of the molecule is CCN(Cc1ccccc1CN)C(=O)c1ccc(C)cc1. The van der Waals surface area contributed by atoms with Gasteiger partial charge in [-0.3, -0.25) is 4.79 Å². The summed E-state index contributed by atoms with van der Waals surface area (Å²) in [5.41, 5.74) is 9.86. The number of carbonyl (C=O) groups excluding carboxylic acids is 1. The van der Waals surface area contributed by atoms with Crippen LogP contribution in [0.2, 0.25) is 0 Å². The van der Waals surface area contributed by atoms with E-state index in [1.165, 1.54) is 0 Å². The maximum Gasteiger partial charge on any atom is 0.254 e. The lowest BCUT2D eigenvalue weighted by atomic mass is 10.1. The van der Waals surface area contributed by atoms with Gasteiger partial charge in [0.25, 0.3) is 5.91 Å². The van der Waals surface area contributed by atoms with Crippen molar-refractivity contribution in [2.24, 2.45) is 5.73 Å². The third kappa shape index (κ3) is 3.70. The lowest BCUT2D eigenvalue weighted by Gasteiger charge is -2.22. The molecule has 0 aliphatic rings. The molecule has 0 bridgehead atoms.